The van der Waals surface area contributed by atoms with E-state index >= 15 is 0 Å². The summed E-state index contributed by atoms with van der Waals surface area (Å²) in [5.41, 5.74) is 2.65. The van der Waals surface area contributed by atoms with Crippen molar-refractivity contribution in [2.75, 3.05) is 19.4 Å². The molecule has 6 nitrogen and oxygen atoms in total. The molecule has 2 aromatic carbocycles. The number of thiazole rings is 1. The number of carbonyl (C=O) groups excluding carboxylic acids is 2. The molecular weight excluding hydrogens is 398 g/mol. The SMILES string of the molecule is CN(C)C(=O)Oc1ccc([C@@H]2c3ccccc3C[C@]2(C)C(=O)Nc2nccs2)cc1. The van der Waals surface area contributed by atoms with Crippen molar-refractivity contribution in [2.45, 2.75) is 19.3 Å². The van der Waals surface area contributed by atoms with Gasteiger partial charge in [-0.1, -0.05) is 36.4 Å². The Balaban J connectivity index is 1.67. The third-order valence-electron chi connectivity index (χ3n) is 5.52. The highest BCUT2D eigenvalue weighted by atomic mass is 32.1. The normalized spacial score (nSPS) is 19.8. The van der Waals surface area contributed by atoms with Gasteiger partial charge in [0.05, 0.1) is 5.41 Å². The molecule has 0 fully saturated rings. The number of nitrogens with zero attached hydrogens (tertiary/aromatic N) is 2. The van der Waals surface area contributed by atoms with Crippen LogP contribution in [0.4, 0.5) is 9.93 Å². The molecule has 0 spiro atoms. The monoisotopic (exact) mass is 421 g/mol. The molecule has 3 aromatic rings. The summed E-state index contributed by atoms with van der Waals surface area (Å²) in [4.78, 5) is 30.7. The summed E-state index contributed by atoms with van der Waals surface area (Å²) in [7, 11) is 3.28. The fourth-order valence-corrected chi connectivity index (χ4v) is 4.55. The minimum atomic E-state index is -0.669. The first-order valence-corrected chi connectivity index (χ1v) is 10.5. The molecule has 0 saturated carbocycles. The molecule has 1 aromatic heterocycles. The number of hydrogen-bond donors (Lipinski definition) is 1. The molecule has 30 heavy (non-hydrogen) atoms. The van der Waals surface area contributed by atoms with E-state index in [0.29, 0.717) is 17.3 Å². The minimum absolute atomic E-state index is 0.0539. The van der Waals surface area contributed by atoms with Crippen molar-refractivity contribution >= 4 is 28.5 Å². The Morgan fingerprint density at radius 1 is 1.17 bits per heavy atom. The first-order valence-electron chi connectivity index (χ1n) is 9.66. The van der Waals surface area contributed by atoms with E-state index in [1.807, 2.05) is 36.6 Å². The van der Waals surface area contributed by atoms with E-state index in [0.717, 1.165) is 11.1 Å². The van der Waals surface area contributed by atoms with Crippen LogP contribution in [-0.4, -0.2) is 36.0 Å². The Bertz CT molecular complexity index is 1060. The minimum Gasteiger partial charge on any atom is -0.410 e. The fourth-order valence-electron chi connectivity index (χ4n) is 4.02. The number of rotatable bonds is 4. The van der Waals surface area contributed by atoms with Gasteiger partial charge in [-0.3, -0.25) is 4.79 Å². The van der Waals surface area contributed by atoms with Crippen LogP contribution in [0, 0.1) is 5.41 Å². The van der Waals surface area contributed by atoms with Gasteiger partial charge in [0.25, 0.3) is 0 Å². The first kappa shape index (κ1) is 20.1. The lowest BCUT2D eigenvalue weighted by atomic mass is 9.73. The molecule has 1 aliphatic rings. The number of hydrogen-bond acceptors (Lipinski definition) is 5. The summed E-state index contributed by atoms with van der Waals surface area (Å²) >= 11 is 1.40. The quantitative estimate of drug-likeness (QED) is 0.672. The molecule has 4 rings (SSSR count). The lowest BCUT2D eigenvalue weighted by Crippen LogP contribution is -2.37. The van der Waals surface area contributed by atoms with Gasteiger partial charge in [-0.05, 0) is 42.2 Å². The maximum absolute atomic E-state index is 13.4. The smallest absolute Gasteiger partial charge is 0.410 e. The Morgan fingerprint density at radius 3 is 2.57 bits per heavy atom. The van der Waals surface area contributed by atoms with Crippen LogP contribution in [0.15, 0.2) is 60.1 Å². The number of carbonyl (C=O) groups is 2. The topological polar surface area (TPSA) is 71.5 Å². The maximum Gasteiger partial charge on any atom is 0.414 e. The van der Waals surface area contributed by atoms with Crippen molar-refractivity contribution in [3.8, 4) is 5.75 Å². The zero-order valence-corrected chi connectivity index (χ0v) is 17.9. The summed E-state index contributed by atoms with van der Waals surface area (Å²) in [6.45, 7) is 2.00. The highest BCUT2D eigenvalue weighted by Gasteiger charge is 2.48. The Kier molecular flexibility index (Phi) is 5.30. The predicted octanol–water partition coefficient (Wildman–Crippen LogP) is 4.54. The molecule has 2 amide bonds. The van der Waals surface area contributed by atoms with E-state index in [1.165, 1.54) is 21.8 Å². The number of benzene rings is 2. The second kappa shape index (κ2) is 7.91. The molecule has 2 atom stereocenters. The van der Waals surface area contributed by atoms with Crippen LogP contribution >= 0.6 is 11.3 Å². The summed E-state index contributed by atoms with van der Waals surface area (Å²) in [5, 5.41) is 5.42. The van der Waals surface area contributed by atoms with Crippen LogP contribution in [0.1, 0.15) is 29.5 Å². The molecule has 154 valence electrons. The van der Waals surface area contributed by atoms with Gasteiger partial charge in [0.15, 0.2) is 5.13 Å². The van der Waals surface area contributed by atoms with Crippen LogP contribution in [-0.2, 0) is 11.2 Å². The van der Waals surface area contributed by atoms with Crippen molar-refractivity contribution in [1.82, 2.24) is 9.88 Å². The number of ether oxygens (including phenoxy) is 1. The lowest BCUT2D eigenvalue weighted by Gasteiger charge is -2.31. The second-order valence-electron chi connectivity index (χ2n) is 7.85. The van der Waals surface area contributed by atoms with Crippen LogP contribution in [0.5, 0.6) is 5.75 Å². The van der Waals surface area contributed by atoms with Gasteiger partial charge in [-0.2, -0.15) is 0 Å². The van der Waals surface area contributed by atoms with Crippen LogP contribution in [0.2, 0.25) is 0 Å². The van der Waals surface area contributed by atoms with Gasteiger partial charge < -0.3 is 15.0 Å². The molecule has 0 bridgehead atoms. The van der Waals surface area contributed by atoms with Crippen molar-refractivity contribution < 1.29 is 14.3 Å². The zero-order valence-electron chi connectivity index (χ0n) is 17.1. The van der Waals surface area contributed by atoms with Crippen LogP contribution in [0.3, 0.4) is 0 Å². The van der Waals surface area contributed by atoms with Gasteiger partial charge in [0.1, 0.15) is 5.75 Å². The number of anilines is 1. The Labute approximate surface area is 179 Å². The van der Waals surface area contributed by atoms with Gasteiger partial charge in [0, 0.05) is 31.6 Å². The van der Waals surface area contributed by atoms with E-state index in [1.54, 1.807) is 32.4 Å². The fraction of sp³-hybridized carbons (Fsp3) is 0.261. The van der Waals surface area contributed by atoms with Crippen LogP contribution < -0.4 is 10.1 Å². The van der Waals surface area contributed by atoms with Crippen molar-refractivity contribution in [3.63, 3.8) is 0 Å². The molecule has 1 heterocycles. The zero-order chi connectivity index (χ0) is 21.3. The number of nitrogens with one attached hydrogen (secondary N) is 1. The van der Waals surface area contributed by atoms with Crippen molar-refractivity contribution in [2.24, 2.45) is 5.41 Å². The molecule has 0 saturated heterocycles. The average Bonchev–Trinajstić information content (AvgIpc) is 3.34. The van der Waals surface area contributed by atoms with Crippen molar-refractivity contribution in [3.05, 3.63) is 76.8 Å². The van der Waals surface area contributed by atoms with E-state index < -0.39 is 11.5 Å². The second-order valence-corrected chi connectivity index (χ2v) is 8.74. The van der Waals surface area contributed by atoms with Gasteiger partial charge in [-0.15, -0.1) is 11.3 Å². The summed E-state index contributed by atoms with van der Waals surface area (Å²) < 4.78 is 5.33. The highest BCUT2D eigenvalue weighted by Crippen LogP contribution is 2.51. The molecular formula is C23H23N3O3S. The first-order chi connectivity index (χ1) is 14.4. The predicted molar refractivity (Wildman–Crippen MR) is 117 cm³/mol. The molecule has 0 aliphatic heterocycles. The number of aromatic nitrogens is 1. The number of fused-ring (bicyclic) bond motifs is 1. The highest BCUT2D eigenvalue weighted by molar-refractivity contribution is 7.13. The molecule has 0 unspecified atom stereocenters. The Hall–Kier alpha value is -3.19. The summed E-state index contributed by atoms with van der Waals surface area (Å²) in [5.74, 6) is 0.298. The van der Waals surface area contributed by atoms with E-state index in [9.17, 15) is 9.59 Å². The third kappa shape index (κ3) is 3.68. The van der Waals surface area contributed by atoms with Gasteiger partial charge in [-0.25, -0.2) is 9.78 Å². The lowest BCUT2D eigenvalue weighted by molar-refractivity contribution is -0.125. The molecule has 7 heteroatoms. The standard InChI is InChI=1S/C23H23N3O3S/c1-23(20(27)25-21-24-12-13-30-21)14-16-6-4-5-7-18(16)19(23)15-8-10-17(11-9-15)29-22(28)26(2)3/h4-13,19H,14H2,1-3H3,(H,24,25,27)/t19-,23+/m1/s1. The third-order valence-corrected chi connectivity index (χ3v) is 6.20. The summed E-state index contributed by atoms with van der Waals surface area (Å²) in [6.07, 6.45) is 1.89. The van der Waals surface area contributed by atoms with Crippen molar-refractivity contribution in [1.29, 1.82) is 0 Å². The molecule has 1 aliphatic carbocycles. The summed E-state index contributed by atoms with van der Waals surface area (Å²) in [6, 6.07) is 15.6. The Morgan fingerprint density at radius 2 is 1.90 bits per heavy atom. The van der Waals surface area contributed by atoms with E-state index in [2.05, 4.69) is 22.4 Å². The molecule has 1 N–H and O–H groups in total. The van der Waals surface area contributed by atoms with Crippen LogP contribution in [0.25, 0.3) is 0 Å². The van der Waals surface area contributed by atoms with E-state index in [4.69, 9.17) is 4.74 Å². The average molecular weight is 422 g/mol. The van der Waals surface area contributed by atoms with E-state index in [-0.39, 0.29) is 11.8 Å². The van der Waals surface area contributed by atoms with Gasteiger partial charge >= 0.3 is 6.09 Å². The molecule has 0 radical (unpaired) electrons. The van der Waals surface area contributed by atoms with Gasteiger partial charge in [0.2, 0.25) is 5.91 Å². The maximum atomic E-state index is 13.4. The number of amides is 2. The largest absolute Gasteiger partial charge is 0.414 e.